The Bertz CT molecular complexity index is 1210. The number of carbonyl (C=O) groups excluding carboxylic acids is 1. The molecule has 0 fully saturated rings. The zero-order chi connectivity index (χ0) is 20.1. The molecular formula is C21H17N5O3. The summed E-state index contributed by atoms with van der Waals surface area (Å²) in [6.45, 7) is 0.0794. The van der Waals surface area contributed by atoms with Crippen molar-refractivity contribution in [2.24, 2.45) is 0 Å². The van der Waals surface area contributed by atoms with Gasteiger partial charge in [0.05, 0.1) is 11.1 Å². The normalized spacial score (nSPS) is 10.6. The molecule has 0 aliphatic heterocycles. The largest absolute Gasteiger partial charge is 0.487 e. The topological polar surface area (TPSA) is 99.0 Å². The molecular weight excluding hydrogens is 370 g/mol. The molecule has 0 saturated carbocycles. The highest BCUT2D eigenvalue weighted by Gasteiger charge is 2.10. The maximum atomic E-state index is 12.4. The first kappa shape index (κ1) is 18.3. The van der Waals surface area contributed by atoms with E-state index in [4.69, 9.17) is 4.74 Å². The Balaban J connectivity index is 1.42. The fraction of sp³-hybridized carbons (Fsp3) is 0.0952. The molecule has 2 aromatic carbocycles. The third-order valence-electron chi connectivity index (χ3n) is 4.15. The average molecular weight is 387 g/mol. The molecule has 8 nitrogen and oxygen atoms in total. The van der Waals surface area contributed by atoms with Crippen LogP contribution in [0.5, 0.6) is 5.75 Å². The first-order valence-corrected chi connectivity index (χ1v) is 8.94. The highest BCUT2D eigenvalue weighted by atomic mass is 16.5. The maximum Gasteiger partial charge on any atom is 0.278 e. The van der Waals surface area contributed by atoms with Crippen LogP contribution in [-0.4, -0.2) is 25.9 Å². The standard InChI is InChI=1S/C21H17N5O3/c27-20(13-26-21(28)18-9-1-2-10-19(18)24-25-26)23-15-7-5-8-17(12-15)29-14-16-6-3-4-11-22-16/h1-12H,13-14H2,(H,23,27). The summed E-state index contributed by atoms with van der Waals surface area (Å²) in [5, 5.41) is 11.0. The molecule has 0 spiro atoms. The van der Waals surface area contributed by atoms with E-state index < -0.39 is 5.91 Å². The van der Waals surface area contributed by atoms with Gasteiger partial charge in [-0.05, 0) is 36.4 Å². The number of hydrogen-bond acceptors (Lipinski definition) is 6. The molecule has 1 amide bonds. The van der Waals surface area contributed by atoms with Gasteiger partial charge in [0.2, 0.25) is 5.91 Å². The number of aromatic nitrogens is 4. The number of nitrogens with one attached hydrogen (secondary N) is 1. The van der Waals surface area contributed by atoms with Crippen molar-refractivity contribution < 1.29 is 9.53 Å². The van der Waals surface area contributed by atoms with Crippen LogP contribution in [0.25, 0.3) is 10.9 Å². The molecule has 0 radical (unpaired) electrons. The van der Waals surface area contributed by atoms with Crippen molar-refractivity contribution >= 4 is 22.5 Å². The zero-order valence-corrected chi connectivity index (χ0v) is 15.4. The van der Waals surface area contributed by atoms with E-state index in [2.05, 4.69) is 20.6 Å². The summed E-state index contributed by atoms with van der Waals surface area (Å²) in [6.07, 6.45) is 1.70. The Morgan fingerprint density at radius 1 is 1.03 bits per heavy atom. The first-order valence-electron chi connectivity index (χ1n) is 8.94. The molecule has 4 rings (SSSR count). The number of amides is 1. The quantitative estimate of drug-likeness (QED) is 0.545. The summed E-state index contributed by atoms with van der Waals surface area (Å²) < 4.78 is 6.75. The predicted octanol–water partition coefficient (Wildman–Crippen LogP) is 2.40. The molecule has 0 saturated heterocycles. The summed E-state index contributed by atoms with van der Waals surface area (Å²) in [5.41, 5.74) is 1.48. The Kier molecular flexibility index (Phi) is 5.24. The fourth-order valence-electron chi connectivity index (χ4n) is 2.77. The molecule has 0 aliphatic carbocycles. The summed E-state index contributed by atoms with van der Waals surface area (Å²) in [7, 11) is 0. The highest BCUT2D eigenvalue weighted by molar-refractivity contribution is 5.90. The van der Waals surface area contributed by atoms with Crippen molar-refractivity contribution in [2.75, 3.05) is 5.32 Å². The molecule has 0 bridgehead atoms. The average Bonchev–Trinajstić information content (AvgIpc) is 2.75. The van der Waals surface area contributed by atoms with Crippen LogP contribution in [0.15, 0.2) is 77.7 Å². The van der Waals surface area contributed by atoms with Crippen LogP contribution in [0.2, 0.25) is 0 Å². The van der Waals surface area contributed by atoms with Crippen molar-refractivity contribution in [1.82, 2.24) is 20.0 Å². The number of benzene rings is 2. The number of ether oxygens (including phenoxy) is 1. The van der Waals surface area contributed by atoms with Gasteiger partial charge in [0.15, 0.2) is 0 Å². The molecule has 8 heteroatoms. The number of nitrogens with zero attached hydrogens (tertiary/aromatic N) is 4. The number of carbonyl (C=O) groups is 1. The molecule has 0 unspecified atom stereocenters. The second-order valence-electron chi connectivity index (χ2n) is 6.26. The zero-order valence-electron chi connectivity index (χ0n) is 15.4. The molecule has 29 heavy (non-hydrogen) atoms. The minimum Gasteiger partial charge on any atom is -0.487 e. The van der Waals surface area contributed by atoms with Gasteiger partial charge in [-0.25, -0.2) is 4.68 Å². The van der Waals surface area contributed by atoms with Crippen molar-refractivity contribution in [3.05, 3.63) is 89.0 Å². The van der Waals surface area contributed by atoms with Crippen LogP contribution < -0.4 is 15.6 Å². The van der Waals surface area contributed by atoms with Crippen molar-refractivity contribution in [2.45, 2.75) is 13.2 Å². The Hall–Kier alpha value is -4.07. The monoisotopic (exact) mass is 387 g/mol. The number of pyridine rings is 1. The smallest absolute Gasteiger partial charge is 0.278 e. The molecule has 2 aromatic heterocycles. The van der Waals surface area contributed by atoms with E-state index in [1.807, 2.05) is 18.2 Å². The number of fused-ring (bicyclic) bond motifs is 1. The van der Waals surface area contributed by atoms with Gasteiger partial charge in [-0.15, -0.1) is 5.10 Å². The van der Waals surface area contributed by atoms with Crippen molar-refractivity contribution in [1.29, 1.82) is 0 Å². The lowest BCUT2D eigenvalue weighted by Gasteiger charge is -2.09. The summed E-state index contributed by atoms with van der Waals surface area (Å²) in [6, 6.07) is 19.5. The molecule has 2 heterocycles. The minimum absolute atomic E-state index is 0.240. The van der Waals surface area contributed by atoms with Gasteiger partial charge in [-0.1, -0.05) is 29.5 Å². The lowest BCUT2D eigenvalue weighted by Crippen LogP contribution is -2.30. The highest BCUT2D eigenvalue weighted by Crippen LogP contribution is 2.18. The molecule has 144 valence electrons. The van der Waals surface area contributed by atoms with Crippen LogP contribution in [0.3, 0.4) is 0 Å². The van der Waals surface area contributed by atoms with E-state index in [0.717, 1.165) is 10.4 Å². The second-order valence-corrected chi connectivity index (χ2v) is 6.26. The van der Waals surface area contributed by atoms with E-state index in [1.165, 1.54) is 0 Å². The Morgan fingerprint density at radius 2 is 1.90 bits per heavy atom. The molecule has 0 aliphatic rings. The van der Waals surface area contributed by atoms with Gasteiger partial charge in [0, 0.05) is 18.0 Å². The Morgan fingerprint density at radius 3 is 2.76 bits per heavy atom. The summed E-state index contributed by atoms with van der Waals surface area (Å²) in [4.78, 5) is 29.0. The Labute approximate surface area is 165 Å². The van der Waals surface area contributed by atoms with E-state index in [1.54, 1.807) is 54.7 Å². The van der Waals surface area contributed by atoms with Crippen LogP contribution in [-0.2, 0) is 17.9 Å². The van der Waals surface area contributed by atoms with E-state index in [0.29, 0.717) is 28.9 Å². The molecule has 4 aromatic rings. The number of anilines is 1. The van der Waals surface area contributed by atoms with Crippen LogP contribution in [0, 0.1) is 0 Å². The fourth-order valence-corrected chi connectivity index (χ4v) is 2.77. The van der Waals surface area contributed by atoms with Gasteiger partial charge in [0.1, 0.15) is 24.4 Å². The number of hydrogen-bond donors (Lipinski definition) is 1. The van der Waals surface area contributed by atoms with Crippen LogP contribution in [0.4, 0.5) is 5.69 Å². The van der Waals surface area contributed by atoms with E-state index in [-0.39, 0.29) is 12.1 Å². The van der Waals surface area contributed by atoms with Gasteiger partial charge in [-0.3, -0.25) is 14.6 Å². The van der Waals surface area contributed by atoms with Crippen LogP contribution in [0.1, 0.15) is 5.69 Å². The van der Waals surface area contributed by atoms with Crippen molar-refractivity contribution in [3.63, 3.8) is 0 Å². The van der Waals surface area contributed by atoms with Gasteiger partial charge < -0.3 is 10.1 Å². The van der Waals surface area contributed by atoms with Crippen LogP contribution >= 0.6 is 0 Å². The molecule has 0 atom stereocenters. The lowest BCUT2D eigenvalue weighted by molar-refractivity contribution is -0.117. The third-order valence-corrected chi connectivity index (χ3v) is 4.15. The SMILES string of the molecule is O=C(Cn1nnc2ccccc2c1=O)Nc1cccc(OCc2ccccn2)c1. The molecule has 1 N–H and O–H groups in total. The van der Waals surface area contributed by atoms with Crippen molar-refractivity contribution in [3.8, 4) is 5.75 Å². The lowest BCUT2D eigenvalue weighted by atomic mass is 10.2. The van der Waals surface area contributed by atoms with Gasteiger partial charge >= 0.3 is 0 Å². The minimum atomic E-state index is -0.390. The third kappa shape index (κ3) is 4.44. The van der Waals surface area contributed by atoms with Gasteiger partial charge in [0.25, 0.3) is 5.56 Å². The first-order chi connectivity index (χ1) is 14.2. The predicted molar refractivity (Wildman–Crippen MR) is 107 cm³/mol. The van der Waals surface area contributed by atoms with E-state index in [9.17, 15) is 9.59 Å². The summed E-state index contributed by atoms with van der Waals surface area (Å²) >= 11 is 0. The second kappa shape index (κ2) is 8.30. The van der Waals surface area contributed by atoms with E-state index >= 15 is 0 Å². The maximum absolute atomic E-state index is 12.4. The summed E-state index contributed by atoms with van der Waals surface area (Å²) in [5.74, 6) is 0.203. The number of rotatable bonds is 6. The van der Waals surface area contributed by atoms with Gasteiger partial charge in [-0.2, -0.15) is 0 Å².